The van der Waals surface area contributed by atoms with Crippen LogP contribution in [0, 0.1) is 6.08 Å². The van der Waals surface area contributed by atoms with Gasteiger partial charge in [-0.2, -0.15) is 11.6 Å². The van der Waals surface area contributed by atoms with Gasteiger partial charge in [-0.3, -0.25) is 0 Å². The molecule has 0 fully saturated rings. The summed E-state index contributed by atoms with van der Waals surface area (Å²) in [7, 11) is -3.37. The smallest absolute Gasteiger partial charge is 1.00 e. The third kappa shape index (κ3) is 13.7. The van der Waals surface area contributed by atoms with Crippen LogP contribution >= 0.6 is 0 Å². The Morgan fingerprint density at radius 1 is 0.276 bits per heavy atom. The van der Waals surface area contributed by atoms with E-state index >= 15 is 0 Å². The predicted molar refractivity (Wildman–Crippen MR) is 305 cm³/mol. The van der Waals surface area contributed by atoms with E-state index in [9.17, 15) is 0 Å². The summed E-state index contributed by atoms with van der Waals surface area (Å²) in [6.07, 6.45) is 12.4. The molecule has 0 bridgehead atoms. The van der Waals surface area contributed by atoms with Crippen LogP contribution in [0.5, 0.6) is 0 Å². The molecule has 0 aromatic heterocycles. The molecule has 0 nitrogen and oxygen atoms in total. The first-order valence-corrected chi connectivity index (χ1v) is 27.6. The summed E-state index contributed by atoms with van der Waals surface area (Å²) in [5.41, 5.74) is 18.4. The second-order valence-electron chi connectivity index (χ2n) is 19.6. The Balaban J connectivity index is 0.00000210. The van der Waals surface area contributed by atoms with Gasteiger partial charge in [0.1, 0.15) is 8.07 Å². The third-order valence-electron chi connectivity index (χ3n) is 14.3. The molecule has 0 amide bonds. The second-order valence-corrected chi connectivity index (χ2v) is 23.3. The molecule has 372 valence electrons. The monoisotopic (exact) mass is 1090 g/mol. The van der Waals surface area contributed by atoms with Gasteiger partial charge in [-0.15, -0.1) is 29.0 Å². The molecule has 11 rings (SSSR count). The number of benzene rings is 10. The van der Waals surface area contributed by atoms with E-state index in [4.69, 9.17) is 0 Å². The van der Waals surface area contributed by atoms with Gasteiger partial charge in [-0.05, 0) is 105 Å². The predicted octanol–water partition coefficient (Wildman–Crippen LogP) is 5.47. The fourth-order valence-corrected chi connectivity index (χ4v) is 16.5. The molecule has 5 heteroatoms. The van der Waals surface area contributed by atoms with E-state index in [0.29, 0.717) is 0 Å². The van der Waals surface area contributed by atoms with E-state index in [2.05, 4.69) is 279 Å². The van der Waals surface area contributed by atoms with Gasteiger partial charge >= 0.3 is 21.7 Å². The molecule has 10 aromatic carbocycles. The molecule has 10 aromatic rings. The Hall–Kier alpha value is -6.52. The van der Waals surface area contributed by atoms with Gasteiger partial charge in [-0.25, -0.2) is 0 Å². The molecule has 1 aliphatic rings. The van der Waals surface area contributed by atoms with Gasteiger partial charge in [-0.1, -0.05) is 277 Å². The van der Waals surface area contributed by atoms with Crippen LogP contribution in [0.3, 0.4) is 0 Å². The van der Waals surface area contributed by atoms with Crippen molar-refractivity contribution >= 4 is 29.2 Å². The minimum Gasteiger partial charge on any atom is -1.00 e. The average molecular weight is 1090 g/mol. The molecule has 0 radical (unpaired) electrons. The van der Waals surface area contributed by atoms with Crippen LogP contribution in [-0.4, -0.2) is 8.07 Å². The number of rotatable bonds is 17. The van der Waals surface area contributed by atoms with Crippen molar-refractivity contribution in [1.82, 2.24) is 0 Å². The molecule has 0 spiro atoms. The molecule has 0 aliphatic heterocycles. The van der Waals surface area contributed by atoms with Crippen LogP contribution < -0.4 is 52.8 Å². The van der Waals surface area contributed by atoms with Crippen molar-refractivity contribution in [3.63, 3.8) is 0 Å². The molecule has 0 saturated carbocycles. The third-order valence-corrected chi connectivity index (χ3v) is 19.0. The van der Waals surface area contributed by atoms with E-state index in [1.54, 1.807) is 0 Å². The van der Waals surface area contributed by atoms with Crippen molar-refractivity contribution in [1.29, 1.82) is 0 Å². The van der Waals surface area contributed by atoms with Crippen LogP contribution in [0.1, 0.15) is 78.7 Å². The van der Waals surface area contributed by atoms with Gasteiger partial charge in [0.05, 0.1) is 0 Å². The number of hydrogen-bond acceptors (Lipinski definition) is 0. The second kappa shape index (κ2) is 27.5. The molecule has 0 unspecified atom stereocenters. The number of halogens is 3. The van der Waals surface area contributed by atoms with Gasteiger partial charge < -0.3 is 37.2 Å². The molecule has 0 atom stereocenters. The molecular weight excluding hydrogens is 1040 g/mol. The number of hydrogen-bond donors (Lipinski definition) is 0. The van der Waals surface area contributed by atoms with Crippen molar-refractivity contribution in [2.24, 2.45) is 0 Å². The van der Waals surface area contributed by atoms with Crippen LogP contribution in [0.15, 0.2) is 278 Å². The Bertz CT molecular complexity index is 2970. The van der Waals surface area contributed by atoms with E-state index in [-0.39, 0.29) is 58.9 Å². The Morgan fingerprint density at radius 2 is 0.500 bits per heavy atom. The van der Waals surface area contributed by atoms with Gasteiger partial charge in [0.15, 0.2) is 0 Å². The minimum atomic E-state index is -3.37. The molecular formula is C71H59Cl3SiTi. The van der Waals surface area contributed by atoms with Crippen molar-refractivity contribution in [2.75, 3.05) is 0 Å². The molecule has 76 heavy (non-hydrogen) atoms. The maximum absolute atomic E-state index is 4.02. The van der Waals surface area contributed by atoms with Crippen LogP contribution in [0.25, 0.3) is 5.57 Å². The van der Waals surface area contributed by atoms with Gasteiger partial charge in [0, 0.05) is 0 Å². The minimum absolute atomic E-state index is 0. The van der Waals surface area contributed by atoms with E-state index in [1.165, 1.54) is 98.7 Å². The average Bonchev–Trinajstić information content (AvgIpc) is 3.91. The first-order chi connectivity index (χ1) is 35.6. The summed E-state index contributed by atoms with van der Waals surface area (Å²) in [4.78, 5) is 0. The summed E-state index contributed by atoms with van der Waals surface area (Å²) in [5, 5.41) is 5.65. The normalized spacial score (nSPS) is 11.7. The zero-order chi connectivity index (χ0) is 48.4. The Labute approximate surface area is 485 Å². The standard InChI is InChI=1S/C71H59Si.3ClH.Ti/c1-8-23-54(24-9-1)39-60-45-61(40-55-25-10-2-11-26-55)49-67(48-60)72(71-38-22-37-70(71)66-35-20-7-21-36-66,68-50-62(41-56-27-12-3-13-28-56)46-63(51-68)42-57-29-14-4-15-30-57)69-52-64(43-58-31-16-5-17-32-58)47-65(53-69)44-59-33-18-6-19-34-59;;;;/h1-21,23-36,38,45-53H,22,39-44H2;3*1H;/q-1;;;;+4/p-3. The summed E-state index contributed by atoms with van der Waals surface area (Å²) in [6, 6.07) is 101. The van der Waals surface area contributed by atoms with Crippen molar-refractivity contribution in [3.8, 4) is 0 Å². The van der Waals surface area contributed by atoms with Crippen LogP contribution in [-0.2, 0) is 60.2 Å². The zero-order valence-electron chi connectivity index (χ0n) is 42.6. The number of allylic oxidation sites excluding steroid dienone is 4. The molecule has 0 saturated heterocycles. The first-order valence-electron chi connectivity index (χ1n) is 25.6. The van der Waals surface area contributed by atoms with Crippen molar-refractivity contribution in [2.45, 2.75) is 44.9 Å². The Kier molecular flexibility index (Phi) is 20.7. The fraction of sp³-hybridized carbons (Fsp3) is 0.0986. The largest absolute Gasteiger partial charge is 4.00 e. The van der Waals surface area contributed by atoms with Gasteiger partial charge in [0.2, 0.25) is 0 Å². The summed E-state index contributed by atoms with van der Waals surface area (Å²) in [6.45, 7) is 0. The first kappa shape index (κ1) is 57.2. The zero-order valence-corrected chi connectivity index (χ0v) is 47.4. The quantitative estimate of drug-likeness (QED) is 0.0646. The topological polar surface area (TPSA) is 0 Å². The van der Waals surface area contributed by atoms with E-state index in [1.807, 2.05) is 0 Å². The Morgan fingerprint density at radius 3 is 0.737 bits per heavy atom. The summed E-state index contributed by atoms with van der Waals surface area (Å²) >= 11 is 0. The van der Waals surface area contributed by atoms with Crippen LogP contribution in [0.4, 0.5) is 0 Å². The van der Waals surface area contributed by atoms with Crippen molar-refractivity contribution < 1.29 is 58.9 Å². The SMILES string of the molecule is [C-]1=C(c2ccccc2)C([Si](c2cc(Cc3ccccc3)cc(Cc3ccccc3)c2)(c2cc(Cc3ccccc3)cc(Cc3ccccc3)c2)c2cc(Cc3ccccc3)cc(Cc3ccccc3)c2)=CC1.[Cl-].[Cl-].[Cl-].[Ti+4]. The van der Waals surface area contributed by atoms with Gasteiger partial charge in [0.25, 0.3) is 0 Å². The maximum atomic E-state index is 4.02. The molecule has 1 aliphatic carbocycles. The molecule has 0 N–H and O–H groups in total. The van der Waals surface area contributed by atoms with Crippen LogP contribution in [0.2, 0.25) is 0 Å². The summed E-state index contributed by atoms with van der Waals surface area (Å²) in [5.74, 6) is 0. The van der Waals surface area contributed by atoms with E-state index in [0.717, 1.165) is 44.9 Å². The van der Waals surface area contributed by atoms with E-state index < -0.39 is 8.07 Å². The fourth-order valence-electron chi connectivity index (χ4n) is 11.2. The summed E-state index contributed by atoms with van der Waals surface area (Å²) < 4.78 is 0. The molecule has 0 heterocycles. The van der Waals surface area contributed by atoms with Crippen molar-refractivity contribution in [3.05, 3.63) is 357 Å². The maximum Gasteiger partial charge on any atom is 4.00 e.